The van der Waals surface area contributed by atoms with E-state index in [0.29, 0.717) is 17.9 Å². The molecule has 2 aromatic rings. The molecule has 1 aliphatic rings. The van der Waals surface area contributed by atoms with Gasteiger partial charge in [0.1, 0.15) is 5.75 Å². The molecule has 0 aliphatic carbocycles. The Labute approximate surface area is 146 Å². The first kappa shape index (κ1) is 17.0. The molecule has 0 aromatic heterocycles. The summed E-state index contributed by atoms with van der Waals surface area (Å²) in [6.07, 6.45) is 0. The van der Waals surface area contributed by atoms with Crippen LogP contribution in [-0.2, 0) is 4.79 Å². The van der Waals surface area contributed by atoms with Crippen LogP contribution in [0.15, 0.2) is 48.5 Å². The molecule has 0 spiro atoms. The molecule has 130 valence electrons. The number of carbonyl (C=O) groups excluding carboxylic acids is 1. The number of methoxy groups -OCH3 is 1. The third-order valence-electron chi connectivity index (χ3n) is 4.83. The van der Waals surface area contributed by atoms with Crippen molar-refractivity contribution in [3.05, 3.63) is 65.2 Å². The Morgan fingerprint density at radius 3 is 2.56 bits per heavy atom. The van der Waals surface area contributed by atoms with Gasteiger partial charge in [-0.2, -0.15) is 0 Å². The molecule has 2 atom stereocenters. The van der Waals surface area contributed by atoms with E-state index in [4.69, 9.17) is 4.74 Å². The number of aryl methyl sites for hydroxylation is 1. The standard InChI is InChI=1S/C20H21NO4/c1-13-6-3-4-9-16(13)17-11-21(12-18(17)20(23)24)19(22)14-7-5-8-15(10-14)25-2/h3-10,17-18H,11-12H2,1-2H3,(H,23,24)/t17-,18+/m0/s1. The minimum Gasteiger partial charge on any atom is -0.497 e. The molecule has 0 bridgehead atoms. The van der Waals surface area contributed by atoms with E-state index in [9.17, 15) is 14.7 Å². The van der Waals surface area contributed by atoms with Gasteiger partial charge in [-0.25, -0.2) is 0 Å². The van der Waals surface area contributed by atoms with Crippen LogP contribution in [0.4, 0.5) is 0 Å². The predicted molar refractivity (Wildman–Crippen MR) is 93.9 cm³/mol. The number of likely N-dealkylation sites (tertiary alicyclic amines) is 1. The Morgan fingerprint density at radius 2 is 1.88 bits per heavy atom. The molecule has 1 saturated heterocycles. The first-order valence-electron chi connectivity index (χ1n) is 8.23. The quantitative estimate of drug-likeness (QED) is 0.930. The van der Waals surface area contributed by atoms with Crippen molar-refractivity contribution in [2.75, 3.05) is 20.2 Å². The van der Waals surface area contributed by atoms with E-state index in [1.54, 1.807) is 36.3 Å². The first-order valence-corrected chi connectivity index (χ1v) is 8.23. The molecule has 1 aliphatic heterocycles. The molecule has 3 rings (SSSR count). The number of nitrogens with zero attached hydrogens (tertiary/aromatic N) is 1. The lowest BCUT2D eigenvalue weighted by molar-refractivity contribution is -0.141. The van der Waals surface area contributed by atoms with Gasteiger partial charge in [0.2, 0.25) is 0 Å². The molecule has 5 heteroatoms. The number of hydrogen-bond acceptors (Lipinski definition) is 3. The first-order chi connectivity index (χ1) is 12.0. The van der Waals surface area contributed by atoms with Gasteiger partial charge in [-0.15, -0.1) is 0 Å². The summed E-state index contributed by atoms with van der Waals surface area (Å²) in [7, 11) is 1.55. The number of rotatable bonds is 4. The number of carbonyl (C=O) groups is 2. The van der Waals surface area contributed by atoms with Crippen molar-refractivity contribution in [2.24, 2.45) is 5.92 Å². The number of hydrogen-bond donors (Lipinski definition) is 1. The molecule has 0 radical (unpaired) electrons. The highest BCUT2D eigenvalue weighted by Crippen LogP contribution is 2.35. The zero-order chi connectivity index (χ0) is 18.0. The predicted octanol–water partition coefficient (Wildman–Crippen LogP) is 2.94. The average molecular weight is 339 g/mol. The third kappa shape index (κ3) is 3.36. The zero-order valence-corrected chi connectivity index (χ0v) is 14.3. The van der Waals surface area contributed by atoms with Crippen LogP contribution in [0.25, 0.3) is 0 Å². The van der Waals surface area contributed by atoms with Crippen molar-refractivity contribution in [3.63, 3.8) is 0 Å². The topological polar surface area (TPSA) is 66.8 Å². The van der Waals surface area contributed by atoms with Gasteiger partial charge in [-0.3, -0.25) is 9.59 Å². The van der Waals surface area contributed by atoms with Crippen molar-refractivity contribution in [1.82, 2.24) is 4.90 Å². The van der Waals surface area contributed by atoms with Gasteiger partial charge in [0, 0.05) is 24.6 Å². The molecule has 1 N–H and O–H groups in total. The number of amides is 1. The molecule has 0 saturated carbocycles. The van der Waals surface area contributed by atoms with E-state index in [1.807, 2.05) is 31.2 Å². The molecular weight excluding hydrogens is 318 g/mol. The molecular formula is C20H21NO4. The van der Waals surface area contributed by atoms with Crippen LogP contribution < -0.4 is 4.74 Å². The lowest BCUT2D eigenvalue weighted by atomic mass is 9.86. The van der Waals surface area contributed by atoms with Crippen LogP contribution in [0.5, 0.6) is 5.75 Å². The van der Waals surface area contributed by atoms with Crippen molar-refractivity contribution in [1.29, 1.82) is 0 Å². The summed E-state index contributed by atoms with van der Waals surface area (Å²) < 4.78 is 5.17. The number of aliphatic carboxylic acids is 1. The van der Waals surface area contributed by atoms with Gasteiger partial charge >= 0.3 is 5.97 Å². The highest BCUT2D eigenvalue weighted by Gasteiger charge is 2.41. The van der Waals surface area contributed by atoms with Crippen molar-refractivity contribution >= 4 is 11.9 Å². The molecule has 5 nitrogen and oxygen atoms in total. The number of benzene rings is 2. The summed E-state index contributed by atoms with van der Waals surface area (Å²) in [5.41, 5.74) is 2.55. The fourth-order valence-electron chi connectivity index (χ4n) is 3.48. The summed E-state index contributed by atoms with van der Waals surface area (Å²) in [6.45, 7) is 2.59. The second-order valence-corrected chi connectivity index (χ2v) is 6.35. The van der Waals surface area contributed by atoms with Gasteiger partial charge in [-0.1, -0.05) is 30.3 Å². The van der Waals surface area contributed by atoms with Crippen LogP contribution in [-0.4, -0.2) is 42.1 Å². The number of carboxylic acids is 1. The normalized spacial score (nSPS) is 19.7. The van der Waals surface area contributed by atoms with Gasteiger partial charge in [0.25, 0.3) is 5.91 Å². The molecule has 2 aromatic carbocycles. The second kappa shape index (κ2) is 6.97. The largest absolute Gasteiger partial charge is 0.497 e. The summed E-state index contributed by atoms with van der Waals surface area (Å²) in [5, 5.41) is 9.63. The highest BCUT2D eigenvalue weighted by molar-refractivity contribution is 5.95. The molecule has 1 amide bonds. The second-order valence-electron chi connectivity index (χ2n) is 6.35. The monoisotopic (exact) mass is 339 g/mol. The van der Waals surface area contributed by atoms with Crippen LogP contribution in [0.2, 0.25) is 0 Å². The summed E-state index contributed by atoms with van der Waals surface area (Å²) >= 11 is 0. The Balaban J connectivity index is 1.88. The Hall–Kier alpha value is -2.82. The van der Waals surface area contributed by atoms with E-state index < -0.39 is 11.9 Å². The van der Waals surface area contributed by atoms with E-state index in [-0.39, 0.29) is 18.4 Å². The van der Waals surface area contributed by atoms with E-state index in [2.05, 4.69) is 0 Å². The lowest BCUT2D eigenvalue weighted by Gasteiger charge is -2.18. The van der Waals surface area contributed by atoms with E-state index in [0.717, 1.165) is 11.1 Å². The van der Waals surface area contributed by atoms with Crippen LogP contribution in [0.3, 0.4) is 0 Å². The maximum Gasteiger partial charge on any atom is 0.308 e. The average Bonchev–Trinajstić information content (AvgIpc) is 3.07. The smallest absolute Gasteiger partial charge is 0.308 e. The van der Waals surface area contributed by atoms with Gasteiger partial charge in [-0.05, 0) is 36.2 Å². The highest BCUT2D eigenvalue weighted by atomic mass is 16.5. The van der Waals surface area contributed by atoms with Crippen LogP contribution in [0.1, 0.15) is 27.4 Å². The Kier molecular flexibility index (Phi) is 4.74. The van der Waals surface area contributed by atoms with Crippen molar-refractivity contribution in [2.45, 2.75) is 12.8 Å². The Morgan fingerprint density at radius 1 is 1.12 bits per heavy atom. The molecule has 1 heterocycles. The fraction of sp³-hybridized carbons (Fsp3) is 0.300. The molecule has 25 heavy (non-hydrogen) atoms. The van der Waals surface area contributed by atoms with Crippen molar-refractivity contribution in [3.8, 4) is 5.75 Å². The maximum absolute atomic E-state index is 12.8. The number of ether oxygens (including phenoxy) is 1. The van der Waals surface area contributed by atoms with Gasteiger partial charge in [0.15, 0.2) is 0 Å². The van der Waals surface area contributed by atoms with E-state index >= 15 is 0 Å². The lowest BCUT2D eigenvalue weighted by Crippen LogP contribution is -2.29. The summed E-state index contributed by atoms with van der Waals surface area (Å²) in [6, 6.07) is 14.7. The summed E-state index contributed by atoms with van der Waals surface area (Å²) in [4.78, 5) is 26.2. The molecule has 1 fully saturated rings. The van der Waals surface area contributed by atoms with Crippen molar-refractivity contribution < 1.29 is 19.4 Å². The van der Waals surface area contributed by atoms with Crippen LogP contribution in [0, 0.1) is 12.8 Å². The third-order valence-corrected chi connectivity index (χ3v) is 4.83. The Bertz CT molecular complexity index is 802. The zero-order valence-electron chi connectivity index (χ0n) is 14.3. The minimum atomic E-state index is -0.866. The SMILES string of the molecule is COc1cccc(C(=O)N2C[C@@H](C(=O)O)[C@H](c3ccccc3C)C2)c1. The summed E-state index contributed by atoms with van der Waals surface area (Å²) in [5.74, 6) is -1.23. The number of carboxylic acid groups (broad SMARTS) is 1. The fourth-order valence-corrected chi connectivity index (χ4v) is 3.48. The van der Waals surface area contributed by atoms with E-state index in [1.165, 1.54) is 0 Å². The van der Waals surface area contributed by atoms with Crippen LogP contribution >= 0.6 is 0 Å². The van der Waals surface area contributed by atoms with Gasteiger partial charge in [0.05, 0.1) is 13.0 Å². The molecule has 0 unspecified atom stereocenters. The maximum atomic E-state index is 12.8. The minimum absolute atomic E-state index is 0.166. The van der Waals surface area contributed by atoms with Gasteiger partial charge < -0.3 is 14.7 Å².